The molecule has 13 nitrogen and oxygen atoms in total. The van der Waals surface area contributed by atoms with Crippen LogP contribution in [0.4, 0.5) is 22.7 Å². The Hall–Kier alpha value is -4.66. The second-order valence-corrected chi connectivity index (χ2v) is 11.2. The summed E-state index contributed by atoms with van der Waals surface area (Å²) in [6.07, 6.45) is 0.790. The number of nitrogens with one attached hydrogen (secondary N) is 2. The minimum atomic E-state index is -0.576. The second-order valence-electron chi connectivity index (χ2n) is 9.52. The van der Waals surface area contributed by atoms with Crippen molar-refractivity contribution in [2.45, 2.75) is 20.8 Å². The van der Waals surface area contributed by atoms with Crippen molar-refractivity contribution < 1.29 is 28.9 Å². The molecule has 0 unspecified atom stereocenters. The van der Waals surface area contributed by atoms with Gasteiger partial charge in [-0.3, -0.25) is 29.8 Å². The molecule has 4 aromatic rings. The quantitative estimate of drug-likeness (QED) is 0.0936. The molecule has 0 aliphatic carbocycles. The monoisotopic (exact) mass is 753 g/mol. The summed E-state index contributed by atoms with van der Waals surface area (Å²) in [6, 6.07) is 16.9. The number of nitro benzene ring substituents is 2. The first-order chi connectivity index (χ1) is 22.8. The lowest BCUT2D eigenvalue weighted by Gasteiger charge is -2.12. The van der Waals surface area contributed by atoms with Crippen LogP contribution >= 0.6 is 46.4 Å². The van der Waals surface area contributed by atoms with Gasteiger partial charge in [-0.2, -0.15) is 0 Å². The Morgan fingerprint density at radius 2 is 1.10 bits per heavy atom. The smallest absolute Gasteiger partial charge is 0.271 e. The summed E-state index contributed by atoms with van der Waals surface area (Å²) in [5.74, 6) is -0.267. The zero-order chi connectivity index (χ0) is 35.4. The molecule has 0 atom stereocenters. The number of carbonyl (C=O) groups excluding carboxylic acids is 2. The number of carbonyl (C=O) groups is 2. The van der Waals surface area contributed by atoms with Gasteiger partial charge in [0.1, 0.15) is 18.1 Å². The van der Waals surface area contributed by atoms with E-state index < -0.39 is 21.7 Å². The number of hydrogen-bond donors (Lipinski definition) is 3. The highest BCUT2D eigenvalue weighted by molar-refractivity contribution is 6.35. The number of nitrogens with two attached hydrogens (primary N) is 1. The van der Waals surface area contributed by atoms with Crippen molar-refractivity contribution >= 4 is 81.0 Å². The zero-order valence-electron chi connectivity index (χ0n) is 25.0. The van der Waals surface area contributed by atoms with Gasteiger partial charge in [0.25, 0.3) is 23.2 Å². The van der Waals surface area contributed by atoms with Gasteiger partial charge < -0.3 is 25.8 Å². The van der Waals surface area contributed by atoms with Crippen LogP contribution in [-0.4, -0.2) is 41.4 Å². The molecule has 0 heterocycles. The average Bonchev–Trinajstić information content (AvgIpc) is 3.05. The highest BCUT2D eigenvalue weighted by atomic mass is 35.5. The summed E-state index contributed by atoms with van der Waals surface area (Å²) in [5.41, 5.74) is 6.00. The summed E-state index contributed by atoms with van der Waals surface area (Å²) in [7, 11) is 0. The third-order valence-electron chi connectivity index (χ3n) is 6.03. The van der Waals surface area contributed by atoms with Crippen molar-refractivity contribution in [3.63, 3.8) is 0 Å². The molecule has 0 fully saturated rings. The molecule has 260 valence electrons. The first-order valence-electron chi connectivity index (χ1n) is 13.9. The molecule has 4 rings (SSSR count). The van der Waals surface area contributed by atoms with Gasteiger partial charge in [0.15, 0.2) is 0 Å². The number of non-ortho nitro benzene ring substituents is 2. The normalized spacial score (nSPS) is 10.1. The number of anilines is 2. The molecule has 0 saturated carbocycles. The highest BCUT2D eigenvalue weighted by Gasteiger charge is 2.18. The van der Waals surface area contributed by atoms with E-state index in [1.54, 1.807) is 24.3 Å². The fourth-order valence-corrected chi connectivity index (χ4v) is 4.60. The van der Waals surface area contributed by atoms with Gasteiger partial charge in [-0.15, -0.1) is 0 Å². The standard InChI is InChI=1S/C16H14Cl2N2O4.C15H13Cl2N3O4.CH4/c1-2-7-24-15-6-3-10(17)8-12(15)16(21)19-14-5-4-11(20(22)23)9-13(14)18;16-9-1-4-14(24-6-5-18)11(7-9)15(21)19-13-3-2-10(20(22)23)8-12(13)17;/h3-6,8-9H,2,7H2,1H3,(H,19,21);1-4,7-8H,5-6,18H2,(H,19,21);1H4. The van der Waals surface area contributed by atoms with Crippen molar-refractivity contribution in [1.29, 1.82) is 0 Å². The minimum Gasteiger partial charge on any atom is -0.493 e. The van der Waals surface area contributed by atoms with Gasteiger partial charge in [0, 0.05) is 40.9 Å². The van der Waals surface area contributed by atoms with Crippen molar-refractivity contribution in [2.24, 2.45) is 5.73 Å². The fraction of sp³-hybridized carbons (Fsp3) is 0.188. The number of nitro groups is 2. The van der Waals surface area contributed by atoms with Crippen molar-refractivity contribution in [3.05, 3.63) is 124 Å². The van der Waals surface area contributed by atoms with Crippen molar-refractivity contribution in [3.8, 4) is 11.5 Å². The summed E-state index contributed by atoms with van der Waals surface area (Å²) in [6.45, 7) is 2.94. The molecule has 4 N–H and O–H groups in total. The van der Waals surface area contributed by atoms with Gasteiger partial charge in [-0.05, 0) is 55.0 Å². The SMILES string of the molecule is C.CCCOc1ccc(Cl)cc1C(=O)Nc1ccc([N+](=O)[O-])cc1Cl.NCCOc1ccc(Cl)cc1C(=O)Nc1ccc([N+](=O)[O-])cc1Cl. The van der Waals surface area contributed by atoms with E-state index in [-0.39, 0.29) is 64.5 Å². The van der Waals surface area contributed by atoms with Crippen LogP contribution in [0.2, 0.25) is 20.1 Å². The highest BCUT2D eigenvalue weighted by Crippen LogP contribution is 2.31. The molecule has 0 spiro atoms. The van der Waals surface area contributed by atoms with Crippen LogP contribution in [0.1, 0.15) is 41.5 Å². The third-order valence-corrected chi connectivity index (χ3v) is 7.13. The topological polar surface area (TPSA) is 189 Å². The number of hydrogen-bond acceptors (Lipinski definition) is 9. The molecule has 17 heteroatoms. The van der Waals surface area contributed by atoms with Crippen LogP contribution in [0.15, 0.2) is 72.8 Å². The molecular weight excluding hydrogens is 724 g/mol. The maximum atomic E-state index is 12.5. The molecule has 0 aliphatic heterocycles. The summed E-state index contributed by atoms with van der Waals surface area (Å²) >= 11 is 23.8. The van der Waals surface area contributed by atoms with E-state index in [4.69, 9.17) is 61.6 Å². The molecule has 4 aromatic carbocycles. The molecule has 0 saturated heterocycles. The first-order valence-corrected chi connectivity index (χ1v) is 15.4. The average molecular weight is 755 g/mol. The molecule has 0 aliphatic rings. The first kappa shape index (κ1) is 40.5. The molecule has 0 bridgehead atoms. The number of amides is 2. The summed E-state index contributed by atoms with van der Waals surface area (Å²) in [5, 5.41) is 27.5. The van der Waals surface area contributed by atoms with Gasteiger partial charge in [0.2, 0.25) is 0 Å². The Labute approximate surface area is 301 Å². The number of benzene rings is 4. The lowest BCUT2D eigenvalue weighted by Crippen LogP contribution is -2.16. The van der Waals surface area contributed by atoms with Crippen LogP contribution in [-0.2, 0) is 0 Å². The zero-order valence-corrected chi connectivity index (χ0v) is 28.0. The van der Waals surface area contributed by atoms with Crippen LogP contribution in [0, 0.1) is 20.2 Å². The van der Waals surface area contributed by atoms with E-state index in [9.17, 15) is 29.8 Å². The number of rotatable bonds is 12. The molecule has 0 aromatic heterocycles. The Kier molecular flexibility index (Phi) is 16.0. The summed E-state index contributed by atoms with van der Waals surface area (Å²) < 4.78 is 11.0. The summed E-state index contributed by atoms with van der Waals surface area (Å²) in [4.78, 5) is 45.2. The van der Waals surface area contributed by atoms with E-state index in [1.165, 1.54) is 42.5 Å². The van der Waals surface area contributed by atoms with Crippen LogP contribution in [0.25, 0.3) is 0 Å². The molecular formula is C32H31Cl4N5O8. The lowest BCUT2D eigenvalue weighted by molar-refractivity contribution is -0.385. The van der Waals surface area contributed by atoms with Gasteiger partial charge in [-0.25, -0.2) is 0 Å². The van der Waals surface area contributed by atoms with Gasteiger partial charge in [-0.1, -0.05) is 60.8 Å². The lowest BCUT2D eigenvalue weighted by atomic mass is 10.1. The largest absolute Gasteiger partial charge is 0.493 e. The second kappa shape index (κ2) is 19.4. The maximum Gasteiger partial charge on any atom is 0.271 e. The Balaban J connectivity index is 0.000000333. The Bertz CT molecular complexity index is 1700. The Morgan fingerprint density at radius 3 is 1.45 bits per heavy atom. The number of ether oxygens (including phenoxy) is 2. The van der Waals surface area contributed by atoms with Crippen molar-refractivity contribution in [1.82, 2.24) is 0 Å². The van der Waals surface area contributed by atoms with Crippen LogP contribution in [0.5, 0.6) is 11.5 Å². The van der Waals surface area contributed by atoms with Gasteiger partial charge in [0.05, 0.1) is 49.0 Å². The van der Waals surface area contributed by atoms with E-state index in [1.807, 2.05) is 6.92 Å². The molecule has 2 amide bonds. The number of halogens is 4. The predicted molar refractivity (Wildman–Crippen MR) is 192 cm³/mol. The Morgan fingerprint density at radius 1 is 0.694 bits per heavy atom. The third kappa shape index (κ3) is 11.8. The molecule has 49 heavy (non-hydrogen) atoms. The van der Waals surface area contributed by atoms with E-state index >= 15 is 0 Å². The molecule has 0 radical (unpaired) electrons. The predicted octanol–water partition coefficient (Wildman–Crippen LogP) is 9.07. The number of nitrogens with zero attached hydrogens (tertiary/aromatic N) is 2. The van der Waals surface area contributed by atoms with E-state index in [0.717, 1.165) is 12.5 Å². The maximum absolute atomic E-state index is 12.5. The van der Waals surface area contributed by atoms with Crippen LogP contribution in [0.3, 0.4) is 0 Å². The minimum absolute atomic E-state index is 0. The fourth-order valence-electron chi connectivity index (χ4n) is 3.81. The van der Waals surface area contributed by atoms with E-state index in [2.05, 4.69) is 10.6 Å². The van der Waals surface area contributed by atoms with Gasteiger partial charge >= 0.3 is 0 Å². The van der Waals surface area contributed by atoms with E-state index in [0.29, 0.717) is 28.2 Å². The van der Waals surface area contributed by atoms with Crippen LogP contribution < -0.4 is 25.8 Å². The van der Waals surface area contributed by atoms with Crippen molar-refractivity contribution in [2.75, 3.05) is 30.4 Å².